The van der Waals surface area contributed by atoms with E-state index in [0.717, 1.165) is 11.3 Å². The Labute approximate surface area is 123 Å². The maximum atomic E-state index is 13.5. The Bertz CT molecular complexity index is 610. The minimum atomic E-state index is -0.526. The third-order valence-corrected chi connectivity index (χ3v) is 3.02. The zero-order valence-corrected chi connectivity index (χ0v) is 12.1. The van der Waals surface area contributed by atoms with Crippen molar-refractivity contribution in [3.8, 4) is 5.75 Å². The molecule has 0 heterocycles. The molecule has 0 saturated carbocycles. The lowest BCUT2D eigenvalue weighted by Crippen LogP contribution is -2.37. The molecule has 4 heteroatoms. The second-order valence-corrected chi connectivity index (χ2v) is 4.98. The number of aryl methyl sites for hydroxylation is 1. The van der Waals surface area contributed by atoms with E-state index in [9.17, 15) is 9.18 Å². The van der Waals surface area contributed by atoms with Crippen LogP contribution < -0.4 is 10.1 Å². The first-order chi connectivity index (χ1) is 10.1. The van der Waals surface area contributed by atoms with E-state index >= 15 is 0 Å². The Morgan fingerprint density at radius 3 is 2.52 bits per heavy atom. The Balaban J connectivity index is 1.87. The molecule has 0 fully saturated rings. The van der Waals surface area contributed by atoms with Gasteiger partial charge in [0.15, 0.2) is 0 Å². The number of benzene rings is 2. The Morgan fingerprint density at radius 2 is 1.86 bits per heavy atom. The van der Waals surface area contributed by atoms with Gasteiger partial charge in [-0.25, -0.2) is 4.39 Å². The number of carbonyl (C=O) groups excluding carboxylic acids is 1. The lowest BCUT2D eigenvalue weighted by molar-refractivity contribution is 0.0922. The molecule has 0 spiro atoms. The molecule has 0 saturated heterocycles. The molecule has 0 aliphatic rings. The molecule has 1 unspecified atom stereocenters. The summed E-state index contributed by atoms with van der Waals surface area (Å²) >= 11 is 0. The summed E-state index contributed by atoms with van der Waals surface area (Å²) in [5.74, 6) is -0.220. The van der Waals surface area contributed by atoms with Crippen LogP contribution >= 0.6 is 0 Å². The van der Waals surface area contributed by atoms with Crippen LogP contribution in [0.2, 0.25) is 0 Å². The smallest absolute Gasteiger partial charge is 0.254 e. The van der Waals surface area contributed by atoms with Gasteiger partial charge in [0.25, 0.3) is 5.91 Å². The highest BCUT2D eigenvalue weighted by molar-refractivity contribution is 5.94. The van der Waals surface area contributed by atoms with Gasteiger partial charge in [-0.1, -0.05) is 29.8 Å². The molecule has 0 aliphatic carbocycles. The summed E-state index contributed by atoms with van der Waals surface area (Å²) in [4.78, 5) is 11.9. The molecule has 0 aliphatic heterocycles. The molecule has 0 bridgehead atoms. The first-order valence-electron chi connectivity index (χ1n) is 6.81. The van der Waals surface area contributed by atoms with E-state index < -0.39 is 11.7 Å². The van der Waals surface area contributed by atoms with Crippen LogP contribution in [0.1, 0.15) is 22.8 Å². The molecular formula is C17H18FNO2. The van der Waals surface area contributed by atoms with E-state index in [1.807, 2.05) is 38.1 Å². The molecule has 3 nitrogen and oxygen atoms in total. The maximum absolute atomic E-state index is 13.5. The highest BCUT2D eigenvalue weighted by atomic mass is 19.1. The standard InChI is InChI=1S/C17H18FNO2/c1-12-7-9-14(10-8-12)21-11-13(2)19-17(20)15-5-3-4-6-16(15)18/h3-10,13H,11H2,1-2H3,(H,19,20). The number of ether oxygens (including phenoxy) is 1. The summed E-state index contributed by atoms with van der Waals surface area (Å²) in [7, 11) is 0. The highest BCUT2D eigenvalue weighted by Gasteiger charge is 2.13. The van der Waals surface area contributed by atoms with Gasteiger partial charge in [-0.3, -0.25) is 4.79 Å². The molecule has 2 aromatic rings. The van der Waals surface area contributed by atoms with Gasteiger partial charge >= 0.3 is 0 Å². The molecule has 110 valence electrons. The van der Waals surface area contributed by atoms with Gasteiger partial charge in [0.05, 0.1) is 11.6 Å². The highest BCUT2D eigenvalue weighted by Crippen LogP contribution is 2.12. The summed E-state index contributed by atoms with van der Waals surface area (Å²) < 4.78 is 19.1. The van der Waals surface area contributed by atoms with E-state index in [1.54, 1.807) is 12.1 Å². The van der Waals surface area contributed by atoms with Crippen molar-refractivity contribution in [3.63, 3.8) is 0 Å². The Hall–Kier alpha value is -2.36. The predicted molar refractivity (Wildman–Crippen MR) is 80.0 cm³/mol. The number of carbonyl (C=O) groups is 1. The Kier molecular flexibility index (Phi) is 4.93. The number of nitrogens with one attached hydrogen (secondary N) is 1. The van der Waals surface area contributed by atoms with Gasteiger partial charge < -0.3 is 10.1 Å². The summed E-state index contributed by atoms with van der Waals surface area (Å²) in [6, 6.07) is 13.3. The van der Waals surface area contributed by atoms with Gasteiger partial charge in [0, 0.05) is 0 Å². The van der Waals surface area contributed by atoms with Crippen molar-refractivity contribution in [1.29, 1.82) is 0 Å². The minimum Gasteiger partial charge on any atom is -0.491 e. The van der Waals surface area contributed by atoms with Crippen LogP contribution in [-0.2, 0) is 0 Å². The quantitative estimate of drug-likeness (QED) is 0.916. The molecule has 1 atom stereocenters. The van der Waals surface area contributed by atoms with Crippen molar-refractivity contribution in [1.82, 2.24) is 5.32 Å². The third-order valence-electron chi connectivity index (χ3n) is 3.02. The average molecular weight is 287 g/mol. The zero-order valence-electron chi connectivity index (χ0n) is 12.1. The summed E-state index contributed by atoms with van der Waals surface area (Å²) in [5.41, 5.74) is 1.20. The second kappa shape index (κ2) is 6.88. The molecular weight excluding hydrogens is 269 g/mol. The summed E-state index contributed by atoms with van der Waals surface area (Å²) in [5, 5.41) is 2.71. The topological polar surface area (TPSA) is 38.3 Å². The minimum absolute atomic E-state index is 0.0414. The van der Waals surface area contributed by atoms with E-state index in [-0.39, 0.29) is 11.6 Å². The van der Waals surface area contributed by atoms with Crippen LogP contribution in [-0.4, -0.2) is 18.6 Å². The zero-order chi connectivity index (χ0) is 15.2. The van der Waals surface area contributed by atoms with E-state index in [0.29, 0.717) is 6.61 Å². The van der Waals surface area contributed by atoms with Crippen molar-refractivity contribution in [2.45, 2.75) is 19.9 Å². The van der Waals surface area contributed by atoms with Crippen molar-refractivity contribution < 1.29 is 13.9 Å². The number of hydrogen-bond donors (Lipinski definition) is 1. The molecule has 0 aromatic heterocycles. The monoisotopic (exact) mass is 287 g/mol. The molecule has 0 radical (unpaired) electrons. The van der Waals surface area contributed by atoms with Gasteiger partial charge in [0.2, 0.25) is 0 Å². The van der Waals surface area contributed by atoms with Crippen LogP contribution in [0.15, 0.2) is 48.5 Å². The van der Waals surface area contributed by atoms with Crippen LogP contribution in [0.25, 0.3) is 0 Å². The fraction of sp³-hybridized carbons (Fsp3) is 0.235. The normalized spacial score (nSPS) is 11.8. The molecule has 1 amide bonds. The number of hydrogen-bond acceptors (Lipinski definition) is 2. The van der Waals surface area contributed by atoms with Crippen molar-refractivity contribution >= 4 is 5.91 Å². The lowest BCUT2D eigenvalue weighted by atomic mass is 10.2. The SMILES string of the molecule is Cc1ccc(OCC(C)NC(=O)c2ccccc2F)cc1. The maximum Gasteiger partial charge on any atom is 0.254 e. The largest absolute Gasteiger partial charge is 0.491 e. The van der Waals surface area contributed by atoms with Gasteiger partial charge in [-0.2, -0.15) is 0 Å². The number of amides is 1. The fourth-order valence-corrected chi connectivity index (χ4v) is 1.84. The number of rotatable bonds is 5. The van der Waals surface area contributed by atoms with E-state index in [2.05, 4.69) is 5.32 Å². The summed E-state index contributed by atoms with van der Waals surface area (Å²) in [6.07, 6.45) is 0. The van der Waals surface area contributed by atoms with Crippen LogP contribution in [0.3, 0.4) is 0 Å². The van der Waals surface area contributed by atoms with Crippen LogP contribution in [0, 0.1) is 12.7 Å². The lowest BCUT2D eigenvalue weighted by Gasteiger charge is -2.15. The van der Waals surface area contributed by atoms with Crippen molar-refractivity contribution in [2.75, 3.05) is 6.61 Å². The Morgan fingerprint density at radius 1 is 1.19 bits per heavy atom. The first kappa shape index (κ1) is 15.0. The van der Waals surface area contributed by atoms with Gasteiger partial charge in [0.1, 0.15) is 18.2 Å². The molecule has 2 aromatic carbocycles. The number of halogens is 1. The van der Waals surface area contributed by atoms with E-state index in [1.165, 1.54) is 12.1 Å². The first-order valence-corrected chi connectivity index (χ1v) is 6.81. The van der Waals surface area contributed by atoms with Crippen LogP contribution in [0.5, 0.6) is 5.75 Å². The second-order valence-electron chi connectivity index (χ2n) is 4.98. The fourth-order valence-electron chi connectivity index (χ4n) is 1.84. The molecule has 2 rings (SSSR count). The van der Waals surface area contributed by atoms with Crippen molar-refractivity contribution in [3.05, 3.63) is 65.5 Å². The van der Waals surface area contributed by atoms with Gasteiger partial charge in [-0.15, -0.1) is 0 Å². The molecule has 21 heavy (non-hydrogen) atoms. The predicted octanol–water partition coefficient (Wildman–Crippen LogP) is 3.33. The van der Waals surface area contributed by atoms with E-state index in [4.69, 9.17) is 4.74 Å². The van der Waals surface area contributed by atoms with Crippen LogP contribution in [0.4, 0.5) is 4.39 Å². The summed E-state index contributed by atoms with van der Waals surface area (Å²) in [6.45, 7) is 4.14. The average Bonchev–Trinajstić information content (AvgIpc) is 2.47. The molecule has 1 N–H and O–H groups in total. The van der Waals surface area contributed by atoms with Crippen molar-refractivity contribution in [2.24, 2.45) is 0 Å². The third kappa shape index (κ3) is 4.31. The van der Waals surface area contributed by atoms with Gasteiger partial charge in [-0.05, 0) is 38.1 Å².